The zero-order valence-electron chi connectivity index (χ0n) is 15.6. The average Bonchev–Trinajstić information content (AvgIpc) is 3.02. The second kappa shape index (κ2) is 9.16. The number of carbonyl (C=O) groups is 1. The van der Waals surface area contributed by atoms with Gasteiger partial charge in [-0.05, 0) is 71.0 Å². The molecule has 0 aromatic heterocycles. The van der Waals surface area contributed by atoms with E-state index in [-0.39, 0.29) is 5.91 Å². The lowest BCUT2D eigenvalue weighted by molar-refractivity contribution is -0.115. The van der Waals surface area contributed by atoms with Gasteiger partial charge < -0.3 is 19.5 Å². The minimum Gasteiger partial charge on any atom is -0.496 e. The maximum absolute atomic E-state index is 12.3. The van der Waals surface area contributed by atoms with Crippen LogP contribution < -0.4 is 19.5 Å². The van der Waals surface area contributed by atoms with Gasteiger partial charge in [0.2, 0.25) is 0 Å². The number of nitrogens with one attached hydrogen (secondary N) is 1. The Kier molecular flexibility index (Phi) is 6.64. The van der Waals surface area contributed by atoms with Crippen LogP contribution in [-0.2, 0) is 4.79 Å². The third kappa shape index (κ3) is 4.69. The highest BCUT2D eigenvalue weighted by molar-refractivity contribution is 9.10. The van der Waals surface area contributed by atoms with Crippen LogP contribution in [-0.4, -0.2) is 31.9 Å². The minimum atomic E-state index is -0.205. The molecule has 0 aliphatic carbocycles. The second-order valence-electron chi connectivity index (χ2n) is 5.64. The third-order valence-electron chi connectivity index (χ3n) is 3.82. The van der Waals surface area contributed by atoms with Gasteiger partial charge in [0.25, 0.3) is 5.91 Å². The first kappa shape index (κ1) is 20.3. The fourth-order valence-corrected chi connectivity index (χ4v) is 3.87. The molecule has 1 saturated heterocycles. The lowest BCUT2D eigenvalue weighted by Gasteiger charge is -2.10. The van der Waals surface area contributed by atoms with Gasteiger partial charge in [0.15, 0.2) is 5.17 Å². The van der Waals surface area contributed by atoms with E-state index in [2.05, 4.69) is 26.2 Å². The molecule has 1 heterocycles. The number of nitrogens with zero attached hydrogens (tertiary/aromatic N) is 1. The van der Waals surface area contributed by atoms with Gasteiger partial charge in [-0.1, -0.05) is 0 Å². The molecule has 0 spiro atoms. The van der Waals surface area contributed by atoms with Crippen LogP contribution in [0.25, 0.3) is 6.08 Å². The summed E-state index contributed by atoms with van der Waals surface area (Å²) in [6.07, 6.45) is 1.77. The predicted molar refractivity (Wildman–Crippen MR) is 116 cm³/mol. The number of thioether (sulfide) groups is 1. The molecule has 1 amide bonds. The van der Waals surface area contributed by atoms with Crippen LogP contribution in [0.15, 0.2) is 50.8 Å². The molecule has 0 saturated carbocycles. The highest BCUT2D eigenvalue weighted by Crippen LogP contribution is 2.36. The summed E-state index contributed by atoms with van der Waals surface area (Å²) in [5.41, 5.74) is 1.49. The molecule has 2 aromatic rings. The number of aliphatic imine (C=N–C) groups is 1. The number of carbonyl (C=O) groups excluding carboxylic acids is 1. The Labute approximate surface area is 176 Å². The molecule has 6 nitrogen and oxygen atoms in total. The van der Waals surface area contributed by atoms with E-state index in [9.17, 15) is 4.79 Å². The van der Waals surface area contributed by atoms with Crippen LogP contribution in [0, 0.1) is 0 Å². The Balaban J connectivity index is 1.83. The van der Waals surface area contributed by atoms with Crippen molar-refractivity contribution in [2.24, 2.45) is 4.99 Å². The van der Waals surface area contributed by atoms with Crippen LogP contribution in [0.3, 0.4) is 0 Å². The Morgan fingerprint density at radius 1 is 1.14 bits per heavy atom. The number of rotatable bonds is 6. The summed E-state index contributed by atoms with van der Waals surface area (Å²) in [4.78, 5) is 17.4. The topological polar surface area (TPSA) is 69.2 Å². The van der Waals surface area contributed by atoms with E-state index in [4.69, 9.17) is 14.2 Å². The van der Waals surface area contributed by atoms with E-state index in [0.29, 0.717) is 28.2 Å². The molecule has 0 unspecified atom stereocenters. The number of methoxy groups -OCH3 is 2. The minimum absolute atomic E-state index is 0.205. The number of benzene rings is 2. The van der Waals surface area contributed by atoms with Crippen molar-refractivity contribution < 1.29 is 19.0 Å². The van der Waals surface area contributed by atoms with E-state index in [1.807, 2.05) is 37.3 Å². The number of ether oxygens (including phenoxy) is 3. The first-order valence-electron chi connectivity index (χ1n) is 8.48. The quantitative estimate of drug-likeness (QED) is 0.626. The summed E-state index contributed by atoms with van der Waals surface area (Å²) in [6, 6.07) is 11.0. The van der Waals surface area contributed by atoms with Crippen molar-refractivity contribution in [3.8, 4) is 17.2 Å². The molecule has 0 bridgehead atoms. The van der Waals surface area contributed by atoms with Gasteiger partial charge >= 0.3 is 0 Å². The molecule has 2 aromatic carbocycles. The molecule has 0 atom stereocenters. The molecular formula is C20H19BrN2O4S. The second-order valence-corrected chi connectivity index (χ2v) is 7.52. The normalized spacial score (nSPS) is 16.4. The van der Waals surface area contributed by atoms with Crippen molar-refractivity contribution in [3.05, 3.63) is 51.3 Å². The summed E-state index contributed by atoms with van der Waals surface area (Å²) in [5, 5.41) is 3.30. The van der Waals surface area contributed by atoms with Crippen LogP contribution in [0.2, 0.25) is 0 Å². The fraction of sp³-hybridized carbons (Fsp3) is 0.200. The molecule has 28 heavy (non-hydrogen) atoms. The van der Waals surface area contributed by atoms with E-state index in [0.717, 1.165) is 21.5 Å². The summed E-state index contributed by atoms with van der Waals surface area (Å²) in [5.74, 6) is 1.84. The molecule has 1 aliphatic heterocycles. The van der Waals surface area contributed by atoms with Crippen LogP contribution in [0.5, 0.6) is 17.2 Å². The summed E-state index contributed by atoms with van der Waals surface area (Å²) < 4.78 is 16.9. The van der Waals surface area contributed by atoms with Gasteiger partial charge in [-0.3, -0.25) is 4.79 Å². The molecule has 1 aliphatic rings. The fourth-order valence-electron chi connectivity index (χ4n) is 2.52. The van der Waals surface area contributed by atoms with Crippen molar-refractivity contribution in [2.75, 3.05) is 20.8 Å². The zero-order chi connectivity index (χ0) is 20.1. The van der Waals surface area contributed by atoms with E-state index >= 15 is 0 Å². The monoisotopic (exact) mass is 462 g/mol. The molecule has 8 heteroatoms. The van der Waals surface area contributed by atoms with Crippen molar-refractivity contribution in [2.45, 2.75) is 6.92 Å². The van der Waals surface area contributed by atoms with Crippen molar-refractivity contribution in [1.29, 1.82) is 0 Å². The van der Waals surface area contributed by atoms with Gasteiger partial charge in [-0.25, -0.2) is 4.99 Å². The molecule has 0 radical (unpaired) electrons. The standard InChI is InChI=1S/C20H19BrN2O4S/c1-4-27-14-7-5-13(6-8-14)22-20-23-19(24)18(28-20)10-12-9-15(21)17(26-3)11-16(12)25-2/h5-11H,4H2,1-3H3,(H,22,23,24)/b18-10-. The number of amidine groups is 1. The smallest absolute Gasteiger partial charge is 0.264 e. The molecule has 1 N–H and O–H groups in total. The zero-order valence-corrected chi connectivity index (χ0v) is 18.0. The average molecular weight is 463 g/mol. The number of amides is 1. The van der Waals surface area contributed by atoms with Gasteiger partial charge in [0.1, 0.15) is 17.2 Å². The molecular weight excluding hydrogens is 444 g/mol. The number of halogens is 1. The number of hydrogen-bond donors (Lipinski definition) is 1. The third-order valence-corrected chi connectivity index (χ3v) is 5.35. The van der Waals surface area contributed by atoms with Gasteiger partial charge in [0.05, 0.1) is 35.9 Å². The van der Waals surface area contributed by atoms with Gasteiger partial charge in [-0.15, -0.1) is 0 Å². The van der Waals surface area contributed by atoms with Crippen LogP contribution in [0.4, 0.5) is 5.69 Å². The van der Waals surface area contributed by atoms with Crippen LogP contribution >= 0.6 is 27.7 Å². The Morgan fingerprint density at radius 3 is 2.50 bits per heavy atom. The summed E-state index contributed by atoms with van der Waals surface area (Å²) in [7, 11) is 3.16. The van der Waals surface area contributed by atoms with E-state index < -0.39 is 0 Å². The lowest BCUT2D eigenvalue weighted by atomic mass is 10.1. The predicted octanol–water partition coefficient (Wildman–Crippen LogP) is 4.76. The van der Waals surface area contributed by atoms with E-state index in [1.165, 1.54) is 11.8 Å². The van der Waals surface area contributed by atoms with E-state index in [1.54, 1.807) is 26.4 Å². The molecule has 146 valence electrons. The molecule has 1 fully saturated rings. The SMILES string of the molecule is CCOc1ccc(N=C2NC(=O)/C(=C/c3cc(Br)c(OC)cc3OC)S2)cc1. The van der Waals surface area contributed by atoms with Crippen LogP contribution in [0.1, 0.15) is 12.5 Å². The maximum atomic E-state index is 12.3. The maximum Gasteiger partial charge on any atom is 0.264 e. The number of hydrogen-bond acceptors (Lipinski definition) is 6. The lowest BCUT2D eigenvalue weighted by Crippen LogP contribution is -2.19. The van der Waals surface area contributed by atoms with Crippen molar-refractivity contribution in [1.82, 2.24) is 5.32 Å². The summed E-state index contributed by atoms with van der Waals surface area (Å²) in [6.45, 7) is 2.54. The summed E-state index contributed by atoms with van der Waals surface area (Å²) >= 11 is 4.73. The first-order chi connectivity index (χ1) is 13.5. The van der Waals surface area contributed by atoms with Crippen molar-refractivity contribution in [3.63, 3.8) is 0 Å². The highest BCUT2D eigenvalue weighted by Gasteiger charge is 2.24. The Morgan fingerprint density at radius 2 is 1.86 bits per heavy atom. The van der Waals surface area contributed by atoms with Gasteiger partial charge in [-0.2, -0.15) is 0 Å². The Hall–Kier alpha value is -2.45. The largest absolute Gasteiger partial charge is 0.496 e. The van der Waals surface area contributed by atoms with Gasteiger partial charge in [0, 0.05) is 11.6 Å². The Bertz CT molecular complexity index is 942. The molecule has 3 rings (SSSR count). The first-order valence-corrected chi connectivity index (χ1v) is 10.1. The van der Waals surface area contributed by atoms with Crippen molar-refractivity contribution >= 4 is 50.5 Å². The highest BCUT2D eigenvalue weighted by atomic mass is 79.9.